The minimum absolute atomic E-state index is 0.117. The number of alkyl halides is 6. The number of benzene rings is 2. The fourth-order valence-corrected chi connectivity index (χ4v) is 3.54. The van der Waals surface area contributed by atoms with Crippen molar-refractivity contribution in [1.29, 1.82) is 0 Å². The van der Waals surface area contributed by atoms with Gasteiger partial charge in [0.05, 0.1) is 11.1 Å². The molecule has 1 saturated heterocycles. The van der Waals surface area contributed by atoms with Crippen molar-refractivity contribution in [2.75, 3.05) is 36.8 Å². The first-order valence-corrected chi connectivity index (χ1v) is 10.2. The Morgan fingerprint density at radius 3 is 2.16 bits per heavy atom. The van der Waals surface area contributed by atoms with E-state index in [1.807, 2.05) is 0 Å². The molecule has 174 valence electrons. The summed E-state index contributed by atoms with van der Waals surface area (Å²) in [5, 5.41) is 5.16. The second-order valence-corrected chi connectivity index (χ2v) is 7.66. The number of likely N-dealkylation sites (tertiary alicyclic amines) is 1. The number of nitrogens with zero attached hydrogens (tertiary/aromatic N) is 1. The Labute approximate surface area is 181 Å². The summed E-state index contributed by atoms with van der Waals surface area (Å²) in [5.74, 6) is -0.936. The van der Waals surface area contributed by atoms with Gasteiger partial charge in [-0.05, 0) is 62.3 Å². The highest BCUT2D eigenvalue weighted by Crippen LogP contribution is 2.33. The van der Waals surface area contributed by atoms with Crippen LogP contribution < -0.4 is 10.6 Å². The number of hydrogen-bond donors (Lipinski definition) is 2. The molecule has 0 saturated carbocycles. The summed E-state index contributed by atoms with van der Waals surface area (Å²) in [5.41, 5.74) is -2.35. The molecule has 2 aromatic carbocycles. The van der Waals surface area contributed by atoms with Gasteiger partial charge < -0.3 is 15.5 Å². The number of nitrogens with one attached hydrogen (secondary N) is 2. The van der Waals surface area contributed by atoms with Gasteiger partial charge >= 0.3 is 12.4 Å². The lowest BCUT2D eigenvalue weighted by atomic mass is 10.1. The maximum absolute atomic E-state index is 13.3. The second-order valence-electron chi connectivity index (χ2n) is 7.66. The van der Waals surface area contributed by atoms with E-state index in [1.54, 1.807) is 0 Å². The lowest BCUT2D eigenvalue weighted by Crippen LogP contribution is -2.33. The third kappa shape index (κ3) is 6.62. The molecule has 4 nitrogen and oxygen atoms in total. The van der Waals surface area contributed by atoms with Gasteiger partial charge in [-0.2, -0.15) is 26.3 Å². The zero-order chi connectivity index (χ0) is 23.4. The molecular weight excluding hydrogens is 436 g/mol. The summed E-state index contributed by atoms with van der Waals surface area (Å²) < 4.78 is 78.6. The van der Waals surface area contributed by atoms with Gasteiger partial charge in [0.1, 0.15) is 0 Å². The minimum atomic E-state index is -4.68. The van der Waals surface area contributed by atoms with Crippen molar-refractivity contribution in [2.45, 2.75) is 31.6 Å². The highest BCUT2D eigenvalue weighted by molar-refractivity contribution is 6.05. The molecule has 10 heteroatoms. The monoisotopic (exact) mass is 459 g/mol. The Balaban J connectivity index is 1.75. The lowest BCUT2D eigenvalue weighted by Gasteiger charge is -2.26. The first kappa shape index (κ1) is 23.9. The number of carbonyl (C=O) groups excluding carboxylic acids is 1. The Morgan fingerprint density at radius 1 is 0.844 bits per heavy atom. The van der Waals surface area contributed by atoms with E-state index in [-0.39, 0.29) is 16.9 Å². The van der Waals surface area contributed by atoms with Gasteiger partial charge in [-0.3, -0.25) is 4.79 Å². The molecule has 2 aromatic rings. The molecule has 0 radical (unpaired) electrons. The van der Waals surface area contributed by atoms with Crippen LogP contribution in [-0.2, 0) is 12.4 Å². The molecule has 2 N–H and O–H groups in total. The van der Waals surface area contributed by atoms with Crippen molar-refractivity contribution in [1.82, 2.24) is 4.90 Å². The molecule has 0 spiro atoms. The van der Waals surface area contributed by atoms with Gasteiger partial charge in [-0.25, -0.2) is 0 Å². The van der Waals surface area contributed by atoms with E-state index < -0.39 is 29.4 Å². The minimum Gasteiger partial charge on any atom is -0.384 e. The Bertz CT molecular complexity index is 936. The molecule has 0 bridgehead atoms. The number of anilines is 2. The first-order valence-electron chi connectivity index (χ1n) is 10.2. The number of rotatable bonds is 6. The molecule has 32 heavy (non-hydrogen) atoms. The fraction of sp³-hybridized carbons (Fsp3) is 0.409. The van der Waals surface area contributed by atoms with Crippen LogP contribution in [0.25, 0.3) is 0 Å². The third-order valence-corrected chi connectivity index (χ3v) is 5.18. The standard InChI is InChI=1S/C22H23F6N3O/c23-21(24,25)16-5-4-6-18(13-16)30-20(32)15-11-17(22(26,27)28)14-19(12-15)29-7-10-31-8-2-1-3-9-31/h4-6,11-14,29H,1-3,7-10H2,(H,30,32). The van der Waals surface area contributed by atoms with Crippen LogP contribution in [0.4, 0.5) is 37.7 Å². The van der Waals surface area contributed by atoms with Crippen LogP contribution in [0.5, 0.6) is 0 Å². The van der Waals surface area contributed by atoms with Crippen molar-refractivity contribution < 1.29 is 31.1 Å². The predicted octanol–water partition coefficient (Wildman–Crippen LogP) is 5.87. The summed E-state index contributed by atoms with van der Waals surface area (Å²) in [7, 11) is 0. The third-order valence-electron chi connectivity index (χ3n) is 5.18. The Morgan fingerprint density at radius 2 is 1.50 bits per heavy atom. The maximum atomic E-state index is 13.3. The molecule has 3 rings (SSSR count). The highest BCUT2D eigenvalue weighted by atomic mass is 19.4. The van der Waals surface area contributed by atoms with Gasteiger partial charge in [0.25, 0.3) is 5.91 Å². The fourth-order valence-electron chi connectivity index (χ4n) is 3.54. The smallest absolute Gasteiger partial charge is 0.384 e. The summed E-state index contributed by atoms with van der Waals surface area (Å²) in [6.07, 6.45) is -5.95. The number of carbonyl (C=O) groups is 1. The normalized spacial score (nSPS) is 15.4. The van der Waals surface area contributed by atoms with Crippen molar-refractivity contribution in [3.63, 3.8) is 0 Å². The Hall–Kier alpha value is -2.75. The van der Waals surface area contributed by atoms with Crippen LogP contribution >= 0.6 is 0 Å². The van der Waals surface area contributed by atoms with E-state index in [1.165, 1.54) is 18.6 Å². The zero-order valence-corrected chi connectivity index (χ0v) is 17.1. The average molecular weight is 459 g/mol. The molecule has 1 fully saturated rings. The van der Waals surface area contributed by atoms with E-state index in [4.69, 9.17) is 0 Å². The molecular formula is C22H23F6N3O. The molecule has 0 unspecified atom stereocenters. The van der Waals surface area contributed by atoms with Crippen LogP contribution in [-0.4, -0.2) is 37.0 Å². The summed E-state index contributed by atoms with van der Waals surface area (Å²) in [4.78, 5) is 14.7. The predicted molar refractivity (Wildman–Crippen MR) is 110 cm³/mol. The van der Waals surface area contributed by atoms with E-state index >= 15 is 0 Å². The van der Waals surface area contributed by atoms with E-state index in [0.29, 0.717) is 19.2 Å². The van der Waals surface area contributed by atoms with Crippen molar-refractivity contribution in [2.24, 2.45) is 0 Å². The number of halogens is 6. The molecule has 1 aliphatic heterocycles. The summed E-state index contributed by atoms with van der Waals surface area (Å²) in [6.45, 7) is 2.93. The van der Waals surface area contributed by atoms with Crippen LogP contribution in [0, 0.1) is 0 Å². The van der Waals surface area contributed by atoms with Gasteiger partial charge in [0.15, 0.2) is 0 Å². The van der Waals surface area contributed by atoms with Crippen molar-refractivity contribution >= 4 is 17.3 Å². The van der Waals surface area contributed by atoms with Crippen LogP contribution in [0.2, 0.25) is 0 Å². The van der Waals surface area contributed by atoms with Gasteiger partial charge in [0.2, 0.25) is 0 Å². The molecule has 0 atom stereocenters. The van der Waals surface area contributed by atoms with Gasteiger partial charge in [0, 0.05) is 30.0 Å². The summed E-state index contributed by atoms with van der Waals surface area (Å²) >= 11 is 0. The van der Waals surface area contributed by atoms with E-state index in [0.717, 1.165) is 50.2 Å². The maximum Gasteiger partial charge on any atom is 0.416 e. The number of hydrogen-bond acceptors (Lipinski definition) is 3. The molecule has 1 aliphatic rings. The van der Waals surface area contributed by atoms with Crippen LogP contribution in [0.15, 0.2) is 42.5 Å². The highest BCUT2D eigenvalue weighted by Gasteiger charge is 2.32. The van der Waals surface area contributed by atoms with Crippen LogP contribution in [0.3, 0.4) is 0 Å². The van der Waals surface area contributed by atoms with Gasteiger partial charge in [-0.15, -0.1) is 0 Å². The zero-order valence-electron chi connectivity index (χ0n) is 17.1. The molecule has 1 amide bonds. The van der Waals surface area contributed by atoms with E-state index in [9.17, 15) is 31.1 Å². The number of amides is 1. The number of piperidine rings is 1. The lowest BCUT2D eigenvalue weighted by molar-refractivity contribution is -0.138. The van der Waals surface area contributed by atoms with E-state index in [2.05, 4.69) is 15.5 Å². The quantitative estimate of drug-likeness (QED) is 0.531. The van der Waals surface area contributed by atoms with Gasteiger partial charge in [-0.1, -0.05) is 12.5 Å². The van der Waals surface area contributed by atoms with Crippen molar-refractivity contribution in [3.05, 3.63) is 59.2 Å². The SMILES string of the molecule is O=C(Nc1cccc(C(F)(F)F)c1)c1cc(NCCN2CCCCC2)cc(C(F)(F)F)c1. The molecule has 1 heterocycles. The summed E-state index contributed by atoms with van der Waals surface area (Å²) in [6, 6.07) is 6.76. The first-order chi connectivity index (χ1) is 15.0. The Kier molecular flexibility index (Phi) is 7.33. The largest absolute Gasteiger partial charge is 0.416 e. The molecule has 0 aliphatic carbocycles. The topological polar surface area (TPSA) is 44.4 Å². The van der Waals surface area contributed by atoms with Crippen molar-refractivity contribution in [3.8, 4) is 0 Å². The second kappa shape index (κ2) is 9.81. The average Bonchev–Trinajstić information content (AvgIpc) is 2.73. The molecule has 0 aromatic heterocycles. The van der Waals surface area contributed by atoms with Crippen LogP contribution in [0.1, 0.15) is 40.7 Å².